The van der Waals surface area contributed by atoms with Gasteiger partial charge >= 0.3 is 5.97 Å². The Balaban J connectivity index is 2.70. The largest absolute Gasteiger partial charge is 0.479 e. The molecule has 0 aromatic rings. The molecule has 0 aliphatic heterocycles. The van der Waals surface area contributed by atoms with Crippen LogP contribution in [0.25, 0.3) is 0 Å². The summed E-state index contributed by atoms with van der Waals surface area (Å²) in [4.78, 5) is 11.1. The van der Waals surface area contributed by atoms with Gasteiger partial charge in [0.15, 0.2) is 5.60 Å². The predicted molar refractivity (Wildman–Crippen MR) is 51.0 cm³/mol. The molecule has 0 spiro atoms. The Bertz CT molecular complexity index is 224. The molecule has 1 fully saturated rings. The van der Waals surface area contributed by atoms with Crippen molar-refractivity contribution in [2.45, 2.75) is 38.7 Å². The van der Waals surface area contributed by atoms with Crippen molar-refractivity contribution in [3.05, 3.63) is 0 Å². The van der Waals surface area contributed by atoms with Gasteiger partial charge in [0.1, 0.15) is 0 Å². The van der Waals surface area contributed by atoms with Gasteiger partial charge in [-0.25, -0.2) is 4.79 Å². The summed E-state index contributed by atoms with van der Waals surface area (Å²) in [5, 5.41) is 17.8. The van der Waals surface area contributed by atoms with Crippen LogP contribution in [0.4, 0.5) is 0 Å². The van der Waals surface area contributed by atoms with Crippen molar-refractivity contribution in [3.8, 4) is 0 Å². The second-order valence-corrected chi connectivity index (χ2v) is 4.71. The molecule has 0 bridgehead atoms. The summed E-state index contributed by atoms with van der Waals surface area (Å²) in [6, 6.07) is 0. The van der Waals surface area contributed by atoms with Crippen molar-refractivity contribution in [1.82, 2.24) is 0 Å². The minimum Gasteiger partial charge on any atom is -0.479 e. The summed E-state index contributed by atoms with van der Waals surface area (Å²) < 4.78 is 5.29. The van der Waals surface area contributed by atoms with E-state index in [1.807, 2.05) is 13.8 Å². The van der Waals surface area contributed by atoms with E-state index in [-0.39, 0.29) is 18.6 Å². The van der Waals surface area contributed by atoms with Crippen LogP contribution in [-0.4, -0.2) is 35.0 Å². The number of carboxylic acid groups (broad SMARTS) is 1. The number of aliphatic carboxylic acids is 1. The van der Waals surface area contributed by atoms with Gasteiger partial charge in [-0.2, -0.15) is 0 Å². The molecule has 1 saturated carbocycles. The lowest BCUT2D eigenvalue weighted by atomic mass is 9.89. The Morgan fingerprint density at radius 2 is 2.07 bits per heavy atom. The van der Waals surface area contributed by atoms with Gasteiger partial charge in [0.05, 0.1) is 13.2 Å². The molecule has 1 atom stereocenters. The zero-order valence-corrected chi connectivity index (χ0v) is 8.75. The third-order valence-electron chi connectivity index (χ3n) is 2.83. The zero-order valence-electron chi connectivity index (χ0n) is 8.75. The molecule has 1 aliphatic rings. The normalized spacial score (nSPS) is 30.5. The molecule has 4 heteroatoms. The van der Waals surface area contributed by atoms with E-state index in [0.717, 1.165) is 6.42 Å². The lowest BCUT2D eigenvalue weighted by Gasteiger charge is -2.26. The van der Waals surface area contributed by atoms with E-state index in [0.29, 0.717) is 12.8 Å². The number of carbonyl (C=O) groups is 1. The van der Waals surface area contributed by atoms with Crippen molar-refractivity contribution in [3.63, 3.8) is 0 Å². The Morgan fingerprint density at radius 3 is 2.43 bits per heavy atom. The van der Waals surface area contributed by atoms with Gasteiger partial charge in [0.2, 0.25) is 0 Å². The molecule has 1 aliphatic carbocycles. The lowest BCUT2D eigenvalue weighted by molar-refractivity contribution is -0.167. The van der Waals surface area contributed by atoms with E-state index >= 15 is 0 Å². The molecule has 14 heavy (non-hydrogen) atoms. The summed E-state index contributed by atoms with van der Waals surface area (Å²) in [6.07, 6.45) is 1.91. The molecule has 2 N–H and O–H groups in total. The first kappa shape index (κ1) is 11.5. The fourth-order valence-corrected chi connectivity index (χ4v) is 2.10. The van der Waals surface area contributed by atoms with Crippen LogP contribution >= 0.6 is 0 Å². The minimum atomic E-state index is -1.06. The lowest BCUT2D eigenvalue weighted by Crippen LogP contribution is -2.40. The number of aliphatic hydroxyl groups excluding tert-OH is 1. The SMILES string of the molecule is CC1(C)CCC(OCCO)(C(=O)O)C1. The third kappa shape index (κ3) is 2.25. The minimum absolute atomic E-state index is 0.0217. The van der Waals surface area contributed by atoms with E-state index in [9.17, 15) is 4.79 Å². The van der Waals surface area contributed by atoms with Gasteiger partial charge in [0, 0.05) is 0 Å². The maximum absolute atomic E-state index is 11.1. The van der Waals surface area contributed by atoms with Crippen molar-refractivity contribution >= 4 is 5.97 Å². The Kier molecular flexibility index (Phi) is 3.17. The van der Waals surface area contributed by atoms with Gasteiger partial charge in [0.25, 0.3) is 0 Å². The summed E-state index contributed by atoms with van der Waals surface area (Å²) in [5.74, 6) is -0.906. The smallest absolute Gasteiger partial charge is 0.335 e. The Hall–Kier alpha value is -0.610. The average Bonchev–Trinajstić information content (AvgIpc) is 2.40. The summed E-state index contributed by atoms with van der Waals surface area (Å²) >= 11 is 0. The summed E-state index contributed by atoms with van der Waals surface area (Å²) in [5.41, 5.74) is -1.04. The molecule has 1 unspecified atom stereocenters. The Labute approximate surface area is 83.9 Å². The second kappa shape index (κ2) is 3.87. The van der Waals surface area contributed by atoms with Gasteiger partial charge in [-0.05, 0) is 24.7 Å². The topological polar surface area (TPSA) is 66.8 Å². The first-order valence-corrected chi connectivity index (χ1v) is 4.90. The van der Waals surface area contributed by atoms with Crippen molar-refractivity contribution < 1.29 is 19.7 Å². The van der Waals surface area contributed by atoms with Crippen molar-refractivity contribution in [2.75, 3.05) is 13.2 Å². The highest BCUT2D eigenvalue weighted by Gasteiger charge is 2.49. The van der Waals surface area contributed by atoms with Crippen LogP contribution in [0.2, 0.25) is 0 Å². The van der Waals surface area contributed by atoms with Gasteiger partial charge in [-0.3, -0.25) is 0 Å². The van der Waals surface area contributed by atoms with Crippen LogP contribution in [0, 0.1) is 5.41 Å². The van der Waals surface area contributed by atoms with Gasteiger partial charge in [-0.15, -0.1) is 0 Å². The summed E-state index contributed by atoms with van der Waals surface area (Å²) in [7, 11) is 0. The quantitative estimate of drug-likeness (QED) is 0.714. The maximum Gasteiger partial charge on any atom is 0.335 e. The average molecular weight is 202 g/mol. The number of carboxylic acids is 1. The molecule has 4 nitrogen and oxygen atoms in total. The molecule has 0 radical (unpaired) electrons. The fraction of sp³-hybridized carbons (Fsp3) is 0.900. The van der Waals surface area contributed by atoms with Gasteiger partial charge < -0.3 is 14.9 Å². The monoisotopic (exact) mass is 202 g/mol. The number of ether oxygens (including phenoxy) is 1. The van der Waals surface area contributed by atoms with E-state index in [1.165, 1.54) is 0 Å². The van der Waals surface area contributed by atoms with Crippen LogP contribution in [0.3, 0.4) is 0 Å². The third-order valence-corrected chi connectivity index (χ3v) is 2.83. The number of hydrogen-bond acceptors (Lipinski definition) is 3. The van der Waals surface area contributed by atoms with Crippen LogP contribution < -0.4 is 0 Å². The maximum atomic E-state index is 11.1. The van der Waals surface area contributed by atoms with E-state index < -0.39 is 11.6 Å². The van der Waals surface area contributed by atoms with Crippen LogP contribution in [0.1, 0.15) is 33.1 Å². The number of rotatable bonds is 4. The predicted octanol–water partition coefficient (Wildman–Crippen LogP) is 1.03. The number of aliphatic hydroxyl groups is 1. The van der Waals surface area contributed by atoms with E-state index in [1.54, 1.807) is 0 Å². The van der Waals surface area contributed by atoms with Crippen LogP contribution in [0.15, 0.2) is 0 Å². The van der Waals surface area contributed by atoms with Crippen LogP contribution in [0.5, 0.6) is 0 Å². The van der Waals surface area contributed by atoms with E-state index in [2.05, 4.69) is 0 Å². The highest BCUT2D eigenvalue weighted by atomic mass is 16.5. The highest BCUT2D eigenvalue weighted by molar-refractivity contribution is 5.78. The van der Waals surface area contributed by atoms with Gasteiger partial charge in [-0.1, -0.05) is 13.8 Å². The zero-order chi connectivity index (χ0) is 10.8. The molecule has 1 rings (SSSR count). The van der Waals surface area contributed by atoms with Crippen molar-refractivity contribution in [1.29, 1.82) is 0 Å². The highest BCUT2D eigenvalue weighted by Crippen LogP contribution is 2.45. The fourth-order valence-electron chi connectivity index (χ4n) is 2.10. The van der Waals surface area contributed by atoms with E-state index in [4.69, 9.17) is 14.9 Å². The second-order valence-electron chi connectivity index (χ2n) is 4.71. The molecule has 0 amide bonds. The first-order chi connectivity index (χ1) is 6.42. The molecular weight excluding hydrogens is 184 g/mol. The standard InChI is InChI=1S/C10H18O4/c1-9(2)3-4-10(7-9,8(12)13)14-6-5-11/h11H,3-7H2,1-2H3,(H,12,13). The Morgan fingerprint density at radius 1 is 1.43 bits per heavy atom. The summed E-state index contributed by atoms with van der Waals surface area (Å²) in [6.45, 7) is 4.05. The molecule has 0 saturated heterocycles. The number of hydrogen-bond donors (Lipinski definition) is 2. The first-order valence-electron chi connectivity index (χ1n) is 4.90. The van der Waals surface area contributed by atoms with Crippen molar-refractivity contribution in [2.24, 2.45) is 5.41 Å². The molecule has 0 heterocycles. The molecular formula is C10H18O4. The molecule has 0 aromatic heterocycles. The molecule has 82 valence electrons. The van der Waals surface area contributed by atoms with Crippen LogP contribution in [-0.2, 0) is 9.53 Å². The molecule has 0 aromatic carbocycles.